The Kier molecular flexibility index (Phi) is 2.84. The third-order valence-electron chi connectivity index (χ3n) is 3.10. The molecule has 0 saturated heterocycles. The number of amides is 1. The Morgan fingerprint density at radius 2 is 2.44 bits per heavy atom. The molecule has 0 atom stereocenters. The zero-order valence-corrected chi connectivity index (χ0v) is 9.93. The van der Waals surface area contributed by atoms with Crippen molar-refractivity contribution < 1.29 is 9.21 Å². The summed E-state index contributed by atoms with van der Waals surface area (Å²) in [6.45, 7) is 1.55. The number of aromatic nitrogens is 3. The van der Waals surface area contributed by atoms with Crippen LogP contribution in [0.15, 0.2) is 23.0 Å². The molecule has 0 aromatic carbocycles. The molecule has 1 amide bonds. The molecule has 0 radical (unpaired) electrons. The van der Waals surface area contributed by atoms with E-state index in [1.165, 1.54) is 12.5 Å². The van der Waals surface area contributed by atoms with Gasteiger partial charge < -0.3 is 14.3 Å². The average molecular weight is 246 g/mol. The van der Waals surface area contributed by atoms with E-state index in [2.05, 4.69) is 20.1 Å². The first-order valence-corrected chi connectivity index (χ1v) is 6.06. The van der Waals surface area contributed by atoms with Crippen molar-refractivity contribution in [2.45, 2.75) is 25.8 Å². The molecule has 18 heavy (non-hydrogen) atoms. The molecule has 0 bridgehead atoms. The van der Waals surface area contributed by atoms with Crippen molar-refractivity contribution in [3.8, 4) is 0 Å². The van der Waals surface area contributed by atoms with Crippen LogP contribution < -0.4 is 5.32 Å². The molecule has 94 valence electrons. The molecule has 3 heterocycles. The molecule has 1 aliphatic rings. The van der Waals surface area contributed by atoms with E-state index in [1.807, 2.05) is 0 Å². The van der Waals surface area contributed by atoms with E-state index in [-0.39, 0.29) is 5.91 Å². The SMILES string of the molecule is O=C(NCCc1nnc2n1CCC2)c1ccoc1. The van der Waals surface area contributed by atoms with Gasteiger partial charge in [-0.15, -0.1) is 10.2 Å². The number of carbonyl (C=O) groups is 1. The molecule has 0 unspecified atom stereocenters. The van der Waals surface area contributed by atoms with E-state index in [0.717, 1.165) is 31.0 Å². The Balaban J connectivity index is 1.54. The molecular formula is C12H14N4O2. The number of hydrogen-bond acceptors (Lipinski definition) is 4. The van der Waals surface area contributed by atoms with Gasteiger partial charge in [-0.1, -0.05) is 0 Å². The average Bonchev–Trinajstić information content (AvgIpc) is 3.07. The van der Waals surface area contributed by atoms with E-state index >= 15 is 0 Å². The zero-order chi connectivity index (χ0) is 12.4. The van der Waals surface area contributed by atoms with Crippen LogP contribution in [0.5, 0.6) is 0 Å². The second-order valence-electron chi connectivity index (χ2n) is 4.31. The summed E-state index contributed by atoms with van der Waals surface area (Å²) in [5.41, 5.74) is 0.543. The van der Waals surface area contributed by atoms with Gasteiger partial charge in [0.1, 0.15) is 17.9 Å². The number of rotatable bonds is 4. The van der Waals surface area contributed by atoms with E-state index in [1.54, 1.807) is 6.07 Å². The fraction of sp³-hybridized carbons (Fsp3) is 0.417. The highest BCUT2D eigenvalue weighted by Gasteiger charge is 2.17. The van der Waals surface area contributed by atoms with Crippen LogP contribution in [-0.4, -0.2) is 27.2 Å². The fourth-order valence-corrected chi connectivity index (χ4v) is 2.18. The minimum absolute atomic E-state index is 0.120. The summed E-state index contributed by atoms with van der Waals surface area (Å²) >= 11 is 0. The lowest BCUT2D eigenvalue weighted by Crippen LogP contribution is -2.26. The van der Waals surface area contributed by atoms with Crippen LogP contribution >= 0.6 is 0 Å². The van der Waals surface area contributed by atoms with Crippen LogP contribution in [0.1, 0.15) is 28.4 Å². The highest BCUT2D eigenvalue weighted by Crippen LogP contribution is 2.13. The summed E-state index contributed by atoms with van der Waals surface area (Å²) in [6.07, 6.45) is 5.77. The molecule has 6 nitrogen and oxygen atoms in total. The first-order valence-electron chi connectivity index (χ1n) is 6.06. The molecule has 1 aliphatic heterocycles. The van der Waals surface area contributed by atoms with Crippen LogP contribution in [0.4, 0.5) is 0 Å². The van der Waals surface area contributed by atoms with Gasteiger partial charge in [0.2, 0.25) is 0 Å². The number of fused-ring (bicyclic) bond motifs is 1. The van der Waals surface area contributed by atoms with Gasteiger partial charge in [0.05, 0.1) is 11.8 Å². The van der Waals surface area contributed by atoms with Crippen molar-refractivity contribution in [2.24, 2.45) is 0 Å². The minimum atomic E-state index is -0.120. The Morgan fingerprint density at radius 3 is 3.28 bits per heavy atom. The van der Waals surface area contributed by atoms with Crippen molar-refractivity contribution in [2.75, 3.05) is 6.54 Å². The van der Waals surface area contributed by atoms with Gasteiger partial charge in [-0.05, 0) is 12.5 Å². The molecule has 3 rings (SSSR count). The van der Waals surface area contributed by atoms with E-state index in [9.17, 15) is 4.79 Å². The summed E-state index contributed by atoms with van der Waals surface area (Å²) in [5.74, 6) is 1.89. The second-order valence-corrected chi connectivity index (χ2v) is 4.31. The van der Waals surface area contributed by atoms with Crippen LogP contribution in [-0.2, 0) is 19.4 Å². The zero-order valence-electron chi connectivity index (χ0n) is 9.93. The van der Waals surface area contributed by atoms with Crippen LogP contribution in [0.3, 0.4) is 0 Å². The quantitative estimate of drug-likeness (QED) is 0.865. The van der Waals surface area contributed by atoms with Gasteiger partial charge in [-0.3, -0.25) is 4.79 Å². The summed E-state index contributed by atoms with van der Waals surface area (Å²) in [5, 5.41) is 11.1. The lowest BCUT2D eigenvalue weighted by atomic mass is 10.3. The molecule has 2 aromatic heterocycles. The van der Waals surface area contributed by atoms with Crippen LogP contribution in [0.25, 0.3) is 0 Å². The first kappa shape index (κ1) is 11.0. The van der Waals surface area contributed by atoms with Crippen molar-refractivity contribution in [1.82, 2.24) is 20.1 Å². The van der Waals surface area contributed by atoms with Crippen molar-refractivity contribution in [3.63, 3.8) is 0 Å². The Morgan fingerprint density at radius 1 is 1.50 bits per heavy atom. The van der Waals surface area contributed by atoms with Gasteiger partial charge in [0, 0.05) is 25.9 Å². The lowest BCUT2D eigenvalue weighted by Gasteiger charge is -2.04. The van der Waals surface area contributed by atoms with E-state index in [4.69, 9.17) is 4.42 Å². The van der Waals surface area contributed by atoms with Gasteiger partial charge >= 0.3 is 0 Å². The normalized spacial score (nSPS) is 13.6. The minimum Gasteiger partial charge on any atom is -0.472 e. The fourth-order valence-electron chi connectivity index (χ4n) is 2.18. The molecule has 0 fully saturated rings. The van der Waals surface area contributed by atoms with Crippen LogP contribution in [0, 0.1) is 0 Å². The summed E-state index contributed by atoms with van der Waals surface area (Å²) in [4.78, 5) is 11.7. The maximum Gasteiger partial charge on any atom is 0.254 e. The van der Waals surface area contributed by atoms with Crippen molar-refractivity contribution >= 4 is 5.91 Å². The highest BCUT2D eigenvalue weighted by atomic mass is 16.3. The number of hydrogen-bond donors (Lipinski definition) is 1. The molecule has 2 aromatic rings. The predicted molar refractivity (Wildman–Crippen MR) is 63.1 cm³/mol. The van der Waals surface area contributed by atoms with Gasteiger partial charge in [0.15, 0.2) is 0 Å². The Bertz CT molecular complexity index is 544. The number of nitrogens with one attached hydrogen (secondary N) is 1. The molecule has 0 aliphatic carbocycles. The molecule has 0 spiro atoms. The molecule has 0 saturated carbocycles. The standard InChI is InChI=1S/C12H14N4O2/c17-12(9-4-7-18-8-9)13-5-3-11-15-14-10-2-1-6-16(10)11/h4,7-8H,1-3,5-6H2,(H,13,17). The van der Waals surface area contributed by atoms with Crippen LogP contribution in [0.2, 0.25) is 0 Å². The van der Waals surface area contributed by atoms with Gasteiger partial charge in [-0.25, -0.2) is 0 Å². The third-order valence-corrected chi connectivity index (χ3v) is 3.10. The third kappa shape index (κ3) is 2.01. The largest absolute Gasteiger partial charge is 0.472 e. The monoisotopic (exact) mass is 246 g/mol. The summed E-state index contributed by atoms with van der Waals surface area (Å²) in [6, 6.07) is 1.64. The smallest absolute Gasteiger partial charge is 0.254 e. The Labute approximate surface area is 104 Å². The summed E-state index contributed by atoms with van der Waals surface area (Å²) in [7, 11) is 0. The van der Waals surface area contributed by atoms with E-state index in [0.29, 0.717) is 18.5 Å². The number of aryl methyl sites for hydroxylation is 1. The molecule has 1 N–H and O–H groups in total. The second kappa shape index (κ2) is 4.64. The number of nitrogens with zero attached hydrogens (tertiary/aromatic N) is 3. The number of furan rings is 1. The predicted octanol–water partition coefficient (Wildman–Crippen LogP) is 0.790. The van der Waals surface area contributed by atoms with Gasteiger partial charge in [-0.2, -0.15) is 0 Å². The molecular weight excluding hydrogens is 232 g/mol. The Hall–Kier alpha value is -2.11. The van der Waals surface area contributed by atoms with E-state index < -0.39 is 0 Å². The number of carbonyl (C=O) groups excluding carboxylic acids is 1. The van der Waals surface area contributed by atoms with Gasteiger partial charge in [0.25, 0.3) is 5.91 Å². The van der Waals surface area contributed by atoms with Crippen molar-refractivity contribution in [1.29, 1.82) is 0 Å². The maximum atomic E-state index is 11.7. The maximum absolute atomic E-state index is 11.7. The summed E-state index contributed by atoms with van der Waals surface area (Å²) < 4.78 is 7.00. The topological polar surface area (TPSA) is 73.0 Å². The lowest BCUT2D eigenvalue weighted by molar-refractivity contribution is 0.0953. The van der Waals surface area contributed by atoms with Crippen molar-refractivity contribution in [3.05, 3.63) is 35.8 Å². The molecule has 6 heteroatoms. The highest BCUT2D eigenvalue weighted by molar-refractivity contribution is 5.93. The first-order chi connectivity index (χ1) is 8.84.